The van der Waals surface area contributed by atoms with Crippen LogP contribution in [0.4, 0.5) is 0 Å². The Bertz CT molecular complexity index is 335. The minimum Gasteiger partial charge on any atom is -0.389 e. The first-order chi connectivity index (χ1) is 7.00. The van der Waals surface area contributed by atoms with E-state index in [4.69, 9.17) is 5.73 Å². The van der Waals surface area contributed by atoms with Crippen LogP contribution in [0.5, 0.6) is 0 Å². The van der Waals surface area contributed by atoms with Gasteiger partial charge in [0.2, 0.25) is 5.91 Å². The third-order valence-corrected chi connectivity index (χ3v) is 3.21. The van der Waals surface area contributed by atoms with Crippen LogP contribution in [0.1, 0.15) is 25.5 Å². The molecule has 82 valence electrons. The molecule has 0 spiro atoms. The van der Waals surface area contributed by atoms with Gasteiger partial charge in [-0.25, -0.2) is 0 Å². The van der Waals surface area contributed by atoms with Crippen molar-refractivity contribution in [2.24, 2.45) is 5.73 Å². The lowest BCUT2D eigenvalue weighted by Crippen LogP contribution is -2.22. The highest BCUT2D eigenvalue weighted by Gasteiger charge is 2.10. The van der Waals surface area contributed by atoms with Crippen molar-refractivity contribution >= 4 is 17.7 Å². The number of carbonyl (C=O) groups excluding carboxylic acids is 1. The van der Waals surface area contributed by atoms with E-state index in [9.17, 15) is 9.90 Å². The van der Waals surface area contributed by atoms with Gasteiger partial charge < -0.3 is 10.8 Å². The summed E-state index contributed by atoms with van der Waals surface area (Å²) in [6.45, 7) is 3.49. The minimum atomic E-state index is -0.461. The average Bonchev–Trinajstić information content (AvgIpc) is 2.18. The van der Waals surface area contributed by atoms with Crippen molar-refractivity contribution < 1.29 is 9.90 Å². The Morgan fingerprint density at radius 3 is 2.27 bits per heavy atom. The van der Waals surface area contributed by atoms with E-state index >= 15 is 0 Å². The van der Waals surface area contributed by atoms with Gasteiger partial charge in [-0.2, -0.15) is 0 Å². The zero-order chi connectivity index (χ0) is 11.4. The third-order valence-electron chi connectivity index (χ3n) is 2.08. The van der Waals surface area contributed by atoms with E-state index in [-0.39, 0.29) is 11.2 Å². The largest absolute Gasteiger partial charge is 0.389 e. The number of benzene rings is 1. The summed E-state index contributed by atoms with van der Waals surface area (Å²) in [6, 6.07) is 7.46. The third kappa shape index (κ3) is 3.57. The highest BCUT2D eigenvalue weighted by atomic mass is 32.2. The molecule has 2 unspecified atom stereocenters. The summed E-state index contributed by atoms with van der Waals surface area (Å²) in [6.07, 6.45) is -0.461. The molecule has 4 heteroatoms. The van der Waals surface area contributed by atoms with Crippen molar-refractivity contribution in [1.29, 1.82) is 0 Å². The number of hydrogen-bond acceptors (Lipinski definition) is 3. The van der Waals surface area contributed by atoms with Crippen molar-refractivity contribution in [2.75, 3.05) is 0 Å². The Morgan fingerprint density at radius 1 is 1.33 bits per heavy atom. The zero-order valence-electron chi connectivity index (χ0n) is 8.81. The summed E-state index contributed by atoms with van der Waals surface area (Å²) >= 11 is 1.42. The van der Waals surface area contributed by atoms with Crippen LogP contribution in [0.15, 0.2) is 29.2 Å². The first kappa shape index (κ1) is 12.1. The smallest absolute Gasteiger partial charge is 0.230 e. The van der Waals surface area contributed by atoms with Crippen LogP contribution in [-0.4, -0.2) is 16.3 Å². The molecule has 0 aliphatic heterocycles. The Balaban J connectivity index is 2.68. The molecule has 3 N–H and O–H groups in total. The van der Waals surface area contributed by atoms with Gasteiger partial charge in [0.1, 0.15) is 0 Å². The summed E-state index contributed by atoms with van der Waals surface area (Å²) in [4.78, 5) is 11.8. The van der Waals surface area contributed by atoms with E-state index in [1.807, 2.05) is 24.3 Å². The molecule has 15 heavy (non-hydrogen) atoms. The lowest BCUT2D eigenvalue weighted by atomic mass is 10.1. The molecule has 1 amide bonds. The van der Waals surface area contributed by atoms with Crippen LogP contribution in [0.3, 0.4) is 0 Å². The fourth-order valence-electron chi connectivity index (χ4n) is 1.09. The normalized spacial score (nSPS) is 14.6. The van der Waals surface area contributed by atoms with Gasteiger partial charge in [0, 0.05) is 4.90 Å². The van der Waals surface area contributed by atoms with E-state index in [2.05, 4.69) is 0 Å². The molecule has 0 fully saturated rings. The maximum Gasteiger partial charge on any atom is 0.230 e. The number of nitrogens with two attached hydrogens (primary N) is 1. The van der Waals surface area contributed by atoms with Gasteiger partial charge in [-0.05, 0) is 31.5 Å². The van der Waals surface area contributed by atoms with Gasteiger partial charge in [-0.3, -0.25) is 4.79 Å². The highest BCUT2D eigenvalue weighted by molar-refractivity contribution is 8.00. The predicted molar refractivity (Wildman–Crippen MR) is 61.6 cm³/mol. The summed E-state index contributed by atoms with van der Waals surface area (Å²) < 4.78 is 0. The quantitative estimate of drug-likeness (QED) is 0.767. The Labute approximate surface area is 93.7 Å². The number of aliphatic hydroxyl groups is 1. The summed E-state index contributed by atoms with van der Waals surface area (Å²) in [5.41, 5.74) is 6.03. The van der Waals surface area contributed by atoms with Crippen LogP contribution < -0.4 is 5.73 Å². The molecule has 0 radical (unpaired) electrons. The van der Waals surface area contributed by atoms with Gasteiger partial charge in [-0.15, -0.1) is 11.8 Å². The highest BCUT2D eigenvalue weighted by Crippen LogP contribution is 2.24. The number of amides is 1. The maximum atomic E-state index is 10.8. The number of rotatable bonds is 4. The number of carbonyl (C=O) groups is 1. The van der Waals surface area contributed by atoms with Crippen LogP contribution in [0.25, 0.3) is 0 Å². The van der Waals surface area contributed by atoms with Crippen molar-refractivity contribution in [3.8, 4) is 0 Å². The van der Waals surface area contributed by atoms with Crippen LogP contribution in [-0.2, 0) is 4.79 Å². The molecule has 0 aromatic heterocycles. The van der Waals surface area contributed by atoms with Crippen LogP contribution in [0, 0.1) is 0 Å². The maximum absolute atomic E-state index is 10.8. The first-order valence-corrected chi connectivity index (χ1v) is 5.62. The SMILES string of the molecule is CC(Sc1ccc(C(C)O)cc1)C(N)=O. The molecule has 0 aliphatic rings. The van der Waals surface area contributed by atoms with E-state index in [0.29, 0.717) is 0 Å². The monoisotopic (exact) mass is 225 g/mol. The van der Waals surface area contributed by atoms with Crippen LogP contribution in [0.2, 0.25) is 0 Å². The van der Waals surface area contributed by atoms with Crippen LogP contribution >= 0.6 is 11.8 Å². The molecule has 1 rings (SSSR count). The van der Waals surface area contributed by atoms with E-state index < -0.39 is 6.10 Å². The van der Waals surface area contributed by atoms with E-state index in [0.717, 1.165) is 10.5 Å². The summed E-state index contributed by atoms with van der Waals surface area (Å²) in [5, 5.41) is 9.07. The van der Waals surface area contributed by atoms with E-state index in [1.165, 1.54) is 11.8 Å². The number of thioether (sulfide) groups is 1. The Hall–Kier alpha value is -1.00. The molecule has 0 saturated heterocycles. The molecular weight excluding hydrogens is 210 g/mol. The van der Waals surface area contributed by atoms with Gasteiger partial charge in [0.15, 0.2) is 0 Å². The lowest BCUT2D eigenvalue weighted by Gasteiger charge is -2.08. The molecule has 0 saturated carbocycles. The fourth-order valence-corrected chi connectivity index (χ4v) is 1.90. The predicted octanol–water partition coefficient (Wildman–Crippen LogP) is 1.71. The molecule has 1 aromatic carbocycles. The van der Waals surface area contributed by atoms with Crippen molar-refractivity contribution in [1.82, 2.24) is 0 Å². The molecule has 2 atom stereocenters. The van der Waals surface area contributed by atoms with Gasteiger partial charge in [0.05, 0.1) is 11.4 Å². The second kappa shape index (κ2) is 5.19. The number of primary amides is 1. The van der Waals surface area contributed by atoms with Crippen molar-refractivity contribution in [3.05, 3.63) is 29.8 Å². The zero-order valence-corrected chi connectivity index (χ0v) is 9.62. The summed E-state index contributed by atoms with van der Waals surface area (Å²) in [5.74, 6) is -0.320. The standard InChI is InChI=1S/C11H15NO2S/c1-7(13)9-3-5-10(6-4-9)15-8(2)11(12)14/h3-8,13H,1-2H3,(H2,12,14). The second-order valence-electron chi connectivity index (χ2n) is 3.41. The minimum absolute atomic E-state index is 0.234. The van der Waals surface area contributed by atoms with Gasteiger partial charge >= 0.3 is 0 Å². The molecule has 3 nitrogen and oxygen atoms in total. The van der Waals surface area contributed by atoms with Gasteiger partial charge in [-0.1, -0.05) is 12.1 Å². The summed E-state index contributed by atoms with van der Waals surface area (Å²) in [7, 11) is 0. The van der Waals surface area contributed by atoms with Gasteiger partial charge in [0.25, 0.3) is 0 Å². The van der Waals surface area contributed by atoms with Crippen molar-refractivity contribution in [3.63, 3.8) is 0 Å². The second-order valence-corrected chi connectivity index (χ2v) is 4.82. The molecule has 1 aromatic rings. The molecule has 0 bridgehead atoms. The molecule has 0 heterocycles. The first-order valence-electron chi connectivity index (χ1n) is 4.74. The van der Waals surface area contributed by atoms with Crippen molar-refractivity contribution in [2.45, 2.75) is 30.1 Å². The Kier molecular flexibility index (Phi) is 4.17. The molecular formula is C11H15NO2S. The fraction of sp³-hybridized carbons (Fsp3) is 0.364. The van der Waals surface area contributed by atoms with E-state index in [1.54, 1.807) is 13.8 Å². The molecule has 0 aliphatic carbocycles. The lowest BCUT2D eigenvalue weighted by molar-refractivity contribution is -0.117. The number of aliphatic hydroxyl groups excluding tert-OH is 1. The average molecular weight is 225 g/mol. The number of hydrogen-bond donors (Lipinski definition) is 2. The Morgan fingerprint density at radius 2 is 1.87 bits per heavy atom. The topological polar surface area (TPSA) is 63.3 Å².